The molecule has 11 nitrogen and oxygen atoms in total. The summed E-state index contributed by atoms with van der Waals surface area (Å²) < 4.78 is 37.7. The summed E-state index contributed by atoms with van der Waals surface area (Å²) in [7, 11) is -1.19. The number of nitrogens with one attached hydrogen (secondary N) is 2. The maximum Gasteiger partial charge on any atom is 0.321 e. The molecular weight excluding hydrogens is 480 g/mol. The standard InChI is InChI=1S/C21H24N6O5S2/c1-13-11-14(2)23-21(22-13)33-10-9-18(28)24-15-5-7-16(8-6-15)34(29,30)27-17-12-19(31-3)26-20(25-17)32-4/h5-8,11-12H,9-10H2,1-4H3,(H,24,28)(H,25,26,27). The molecule has 3 rings (SSSR count). The van der Waals surface area contributed by atoms with Gasteiger partial charge in [-0.05, 0) is 44.2 Å². The predicted molar refractivity (Wildman–Crippen MR) is 128 cm³/mol. The van der Waals surface area contributed by atoms with Crippen LogP contribution in [0.1, 0.15) is 17.8 Å². The third kappa shape index (κ3) is 7.02. The van der Waals surface area contributed by atoms with E-state index in [2.05, 4.69) is 30.0 Å². The van der Waals surface area contributed by atoms with Crippen molar-refractivity contribution in [1.29, 1.82) is 0 Å². The van der Waals surface area contributed by atoms with Crippen LogP contribution in [0.15, 0.2) is 46.5 Å². The molecule has 13 heteroatoms. The Bertz CT molecular complexity index is 1230. The number of carbonyl (C=O) groups excluding carboxylic acids is 1. The van der Waals surface area contributed by atoms with Gasteiger partial charge in [0.15, 0.2) is 11.0 Å². The lowest BCUT2D eigenvalue weighted by Gasteiger charge is -2.10. The molecule has 34 heavy (non-hydrogen) atoms. The molecule has 1 amide bonds. The molecule has 2 aromatic heterocycles. The van der Waals surface area contributed by atoms with Gasteiger partial charge >= 0.3 is 6.01 Å². The highest BCUT2D eigenvalue weighted by Crippen LogP contribution is 2.22. The Morgan fingerprint density at radius 3 is 2.26 bits per heavy atom. The first-order chi connectivity index (χ1) is 16.2. The van der Waals surface area contributed by atoms with Crippen LogP contribution < -0.4 is 19.5 Å². The predicted octanol–water partition coefficient (Wildman–Crippen LogP) is 2.82. The highest BCUT2D eigenvalue weighted by Gasteiger charge is 2.17. The lowest BCUT2D eigenvalue weighted by molar-refractivity contribution is -0.115. The van der Waals surface area contributed by atoms with Gasteiger partial charge in [0.2, 0.25) is 11.8 Å². The van der Waals surface area contributed by atoms with Crippen LogP contribution in [0.4, 0.5) is 11.5 Å². The molecule has 0 saturated carbocycles. The van der Waals surface area contributed by atoms with Gasteiger partial charge in [-0.1, -0.05) is 11.8 Å². The minimum Gasteiger partial charge on any atom is -0.481 e. The summed E-state index contributed by atoms with van der Waals surface area (Å²) in [5.41, 5.74) is 2.23. The van der Waals surface area contributed by atoms with Gasteiger partial charge < -0.3 is 14.8 Å². The summed E-state index contributed by atoms with van der Waals surface area (Å²) in [6.07, 6.45) is 0.250. The van der Waals surface area contributed by atoms with Crippen molar-refractivity contribution >= 4 is 39.2 Å². The monoisotopic (exact) mass is 504 g/mol. The molecule has 0 aliphatic heterocycles. The van der Waals surface area contributed by atoms with Crippen LogP contribution in [0.2, 0.25) is 0 Å². The van der Waals surface area contributed by atoms with Gasteiger partial charge in [-0.2, -0.15) is 9.97 Å². The zero-order valence-electron chi connectivity index (χ0n) is 19.0. The molecule has 0 radical (unpaired) electrons. The van der Waals surface area contributed by atoms with E-state index in [-0.39, 0.29) is 34.9 Å². The van der Waals surface area contributed by atoms with Gasteiger partial charge in [0, 0.05) is 35.3 Å². The molecule has 0 bridgehead atoms. The number of amides is 1. The molecule has 0 unspecified atom stereocenters. The van der Waals surface area contributed by atoms with Crippen molar-refractivity contribution in [3.63, 3.8) is 0 Å². The number of carbonyl (C=O) groups is 1. The van der Waals surface area contributed by atoms with E-state index in [0.29, 0.717) is 16.6 Å². The summed E-state index contributed by atoms with van der Waals surface area (Å²) in [6.45, 7) is 3.79. The van der Waals surface area contributed by atoms with Crippen molar-refractivity contribution in [3.8, 4) is 11.9 Å². The lowest BCUT2D eigenvalue weighted by atomic mass is 10.3. The second-order valence-electron chi connectivity index (χ2n) is 6.99. The molecule has 2 N–H and O–H groups in total. The highest BCUT2D eigenvalue weighted by molar-refractivity contribution is 7.99. The van der Waals surface area contributed by atoms with Gasteiger partial charge in [-0.15, -0.1) is 0 Å². The molecule has 1 aromatic carbocycles. The van der Waals surface area contributed by atoms with Gasteiger partial charge in [-0.3, -0.25) is 9.52 Å². The molecule has 0 spiro atoms. The number of ether oxygens (including phenoxy) is 2. The van der Waals surface area contributed by atoms with Crippen LogP contribution in [0.3, 0.4) is 0 Å². The van der Waals surface area contributed by atoms with E-state index in [1.807, 2.05) is 19.9 Å². The van der Waals surface area contributed by atoms with Crippen molar-refractivity contribution in [1.82, 2.24) is 19.9 Å². The summed E-state index contributed by atoms with van der Waals surface area (Å²) in [5.74, 6) is 0.443. The van der Waals surface area contributed by atoms with Crippen LogP contribution in [0.5, 0.6) is 11.9 Å². The van der Waals surface area contributed by atoms with Crippen molar-refractivity contribution in [3.05, 3.63) is 47.8 Å². The molecular formula is C21H24N6O5S2. The minimum absolute atomic E-state index is 0.00800. The fraction of sp³-hybridized carbons (Fsp3) is 0.286. The van der Waals surface area contributed by atoms with Crippen LogP contribution in [-0.4, -0.2) is 54.2 Å². The van der Waals surface area contributed by atoms with E-state index in [9.17, 15) is 13.2 Å². The van der Waals surface area contributed by atoms with Crippen molar-refractivity contribution in [2.45, 2.75) is 30.3 Å². The van der Waals surface area contributed by atoms with Crippen LogP contribution in [0, 0.1) is 13.8 Å². The zero-order valence-corrected chi connectivity index (χ0v) is 20.7. The fourth-order valence-electron chi connectivity index (χ4n) is 2.78. The molecule has 0 atom stereocenters. The highest BCUT2D eigenvalue weighted by atomic mass is 32.2. The number of rotatable bonds is 10. The van der Waals surface area contributed by atoms with Crippen LogP contribution >= 0.6 is 11.8 Å². The topological polar surface area (TPSA) is 145 Å². The number of hydrogen-bond acceptors (Lipinski definition) is 10. The number of hydrogen-bond donors (Lipinski definition) is 2. The lowest BCUT2D eigenvalue weighted by Crippen LogP contribution is -2.15. The largest absolute Gasteiger partial charge is 0.481 e. The van der Waals surface area contributed by atoms with E-state index in [4.69, 9.17) is 9.47 Å². The van der Waals surface area contributed by atoms with E-state index < -0.39 is 10.0 Å². The first-order valence-corrected chi connectivity index (χ1v) is 12.5. The average molecular weight is 505 g/mol. The Labute approximate surface area is 201 Å². The Morgan fingerprint density at radius 2 is 1.65 bits per heavy atom. The molecule has 0 fully saturated rings. The Balaban J connectivity index is 1.58. The SMILES string of the molecule is COc1cc(NS(=O)(=O)c2ccc(NC(=O)CCSc3nc(C)cc(C)n3)cc2)nc(OC)n1. The zero-order chi connectivity index (χ0) is 24.7. The molecule has 0 aliphatic rings. The number of aromatic nitrogens is 4. The summed E-state index contributed by atoms with van der Waals surface area (Å²) in [5, 5.41) is 3.38. The number of nitrogens with zero attached hydrogens (tertiary/aromatic N) is 4. The molecule has 180 valence electrons. The number of sulfonamides is 1. The van der Waals surface area contributed by atoms with E-state index >= 15 is 0 Å². The number of anilines is 2. The normalized spacial score (nSPS) is 11.1. The molecule has 3 aromatic rings. The summed E-state index contributed by atoms with van der Waals surface area (Å²) in [6, 6.07) is 8.95. The van der Waals surface area contributed by atoms with E-state index in [0.717, 1.165) is 11.4 Å². The maximum atomic E-state index is 12.7. The Morgan fingerprint density at radius 1 is 0.971 bits per heavy atom. The van der Waals surface area contributed by atoms with Gasteiger partial charge in [-0.25, -0.2) is 18.4 Å². The van der Waals surface area contributed by atoms with Crippen molar-refractivity contribution < 1.29 is 22.7 Å². The first-order valence-electron chi connectivity index (χ1n) is 10.0. The third-order valence-electron chi connectivity index (χ3n) is 4.28. The second kappa shape index (κ2) is 11.1. The molecule has 2 heterocycles. The van der Waals surface area contributed by atoms with Gasteiger partial charge in [0.25, 0.3) is 10.0 Å². The number of aryl methyl sites for hydroxylation is 2. The third-order valence-corrected chi connectivity index (χ3v) is 6.50. The van der Waals surface area contributed by atoms with Crippen LogP contribution in [0.25, 0.3) is 0 Å². The fourth-order valence-corrected chi connectivity index (χ4v) is 4.66. The molecule has 0 saturated heterocycles. The molecule has 0 aliphatic carbocycles. The Kier molecular flexibility index (Phi) is 8.23. The maximum absolute atomic E-state index is 12.7. The average Bonchev–Trinajstić information content (AvgIpc) is 2.78. The van der Waals surface area contributed by atoms with E-state index in [1.165, 1.54) is 56.3 Å². The summed E-state index contributed by atoms with van der Waals surface area (Å²) >= 11 is 1.40. The Hall–Kier alpha value is -3.45. The second-order valence-corrected chi connectivity index (χ2v) is 9.74. The number of thioether (sulfide) groups is 1. The van der Waals surface area contributed by atoms with Crippen molar-refractivity contribution in [2.75, 3.05) is 30.0 Å². The van der Waals surface area contributed by atoms with Gasteiger partial charge in [0.05, 0.1) is 19.1 Å². The van der Waals surface area contributed by atoms with Crippen molar-refractivity contribution in [2.24, 2.45) is 0 Å². The first kappa shape index (κ1) is 25.2. The number of benzene rings is 1. The van der Waals surface area contributed by atoms with Gasteiger partial charge in [0.1, 0.15) is 0 Å². The number of methoxy groups -OCH3 is 2. The quantitative estimate of drug-likeness (QED) is 0.312. The minimum atomic E-state index is -3.94. The summed E-state index contributed by atoms with van der Waals surface area (Å²) in [4.78, 5) is 28.8. The smallest absolute Gasteiger partial charge is 0.321 e. The van der Waals surface area contributed by atoms with E-state index in [1.54, 1.807) is 0 Å². The van der Waals surface area contributed by atoms with Crippen LogP contribution in [-0.2, 0) is 14.8 Å².